The molecule has 2 aromatic heterocycles. The molecule has 4 N–H and O–H groups in total. The van der Waals surface area contributed by atoms with E-state index in [1.807, 2.05) is 42.5 Å². The molecular formula is C20H17N5O. The number of para-hydroxylation sites is 1. The molecule has 0 bridgehead atoms. The van der Waals surface area contributed by atoms with Gasteiger partial charge in [0.2, 0.25) is 0 Å². The van der Waals surface area contributed by atoms with Crippen LogP contribution in [0.1, 0.15) is 16.1 Å². The molecule has 1 amide bonds. The molecule has 2 heterocycles. The van der Waals surface area contributed by atoms with Gasteiger partial charge in [-0.2, -0.15) is 4.99 Å². The molecule has 0 spiro atoms. The largest absolute Gasteiger partial charge is 0.370 e. The van der Waals surface area contributed by atoms with Crippen LogP contribution in [0.2, 0.25) is 0 Å². The maximum atomic E-state index is 12.2. The Morgan fingerprint density at radius 2 is 1.73 bits per heavy atom. The second-order valence-electron chi connectivity index (χ2n) is 6.00. The molecule has 0 radical (unpaired) electrons. The summed E-state index contributed by atoms with van der Waals surface area (Å²) in [6, 6.07) is 19.5. The maximum absolute atomic E-state index is 12.2. The van der Waals surface area contributed by atoms with E-state index in [0.29, 0.717) is 12.1 Å². The van der Waals surface area contributed by atoms with Gasteiger partial charge >= 0.3 is 0 Å². The summed E-state index contributed by atoms with van der Waals surface area (Å²) in [5.41, 5.74) is 14.1. The summed E-state index contributed by atoms with van der Waals surface area (Å²) in [6.45, 7) is 0.602. The van der Waals surface area contributed by atoms with Gasteiger partial charge in [-0.25, -0.2) is 0 Å². The number of rotatable bonds is 3. The zero-order valence-corrected chi connectivity index (χ0v) is 14.0. The van der Waals surface area contributed by atoms with Crippen LogP contribution in [0.5, 0.6) is 0 Å². The highest BCUT2D eigenvalue weighted by Crippen LogP contribution is 2.30. The van der Waals surface area contributed by atoms with Crippen LogP contribution in [0.25, 0.3) is 21.8 Å². The average molecular weight is 343 g/mol. The lowest BCUT2D eigenvalue weighted by Gasteiger charge is -2.07. The minimum Gasteiger partial charge on any atom is -0.370 e. The van der Waals surface area contributed by atoms with Gasteiger partial charge < -0.3 is 16.0 Å². The Labute approximate surface area is 149 Å². The van der Waals surface area contributed by atoms with E-state index in [1.54, 1.807) is 12.3 Å². The number of hydrogen-bond acceptors (Lipinski definition) is 2. The van der Waals surface area contributed by atoms with Gasteiger partial charge in [0.25, 0.3) is 5.91 Å². The second-order valence-corrected chi connectivity index (χ2v) is 6.00. The molecule has 0 unspecified atom stereocenters. The van der Waals surface area contributed by atoms with E-state index in [0.717, 1.165) is 27.5 Å². The molecule has 0 aliphatic heterocycles. The molecule has 0 atom stereocenters. The van der Waals surface area contributed by atoms with Crippen molar-refractivity contribution in [3.63, 3.8) is 0 Å². The highest BCUT2D eigenvalue weighted by molar-refractivity contribution is 6.11. The summed E-state index contributed by atoms with van der Waals surface area (Å²) < 4.78 is 2.15. The number of fused-ring (bicyclic) bond motifs is 3. The summed E-state index contributed by atoms with van der Waals surface area (Å²) in [5, 5.41) is 2.19. The molecular weight excluding hydrogens is 326 g/mol. The van der Waals surface area contributed by atoms with Crippen molar-refractivity contribution in [1.29, 1.82) is 0 Å². The number of hydrogen-bond donors (Lipinski definition) is 2. The SMILES string of the molecule is NC(N)=NC(=O)c1ccc2c3ccccc3n(Cc3ccccn3)c2c1. The first-order valence-electron chi connectivity index (χ1n) is 8.18. The first-order valence-corrected chi connectivity index (χ1v) is 8.18. The number of amides is 1. The van der Waals surface area contributed by atoms with Crippen LogP contribution in [0.15, 0.2) is 71.9 Å². The zero-order valence-electron chi connectivity index (χ0n) is 14.0. The van der Waals surface area contributed by atoms with Gasteiger partial charge in [0.15, 0.2) is 5.96 Å². The highest BCUT2D eigenvalue weighted by atomic mass is 16.1. The molecule has 4 aromatic rings. The third-order valence-corrected chi connectivity index (χ3v) is 4.30. The number of carbonyl (C=O) groups is 1. The van der Waals surface area contributed by atoms with Crippen molar-refractivity contribution >= 4 is 33.7 Å². The molecule has 0 aliphatic rings. The number of benzene rings is 2. The van der Waals surface area contributed by atoms with E-state index in [1.165, 1.54) is 0 Å². The monoisotopic (exact) mass is 343 g/mol. The van der Waals surface area contributed by atoms with Crippen LogP contribution in [0.3, 0.4) is 0 Å². The Morgan fingerprint density at radius 1 is 0.962 bits per heavy atom. The van der Waals surface area contributed by atoms with Gasteiger partial charge in [0.1, 0.15) is 0 Å². The normalized spacial score (nSPS) is 10.9. The number of nitrogens with zero attached hydrogens (tertiary/aromatic N) is 3. The smallest absolute Gasteiger partial charge is 0.280 e. The summed E-state index contributed by atoms with van der Waals surface area (Å²) in [6.07, 6.45) is 1.77. The minimum absolute atomic E-state index is 0.246. The number of pyridine rings is 1. The fourth-order valence-electron chi connectivity index (χ4n) is 3.19. The number of aromatic nitrogens is 2. The number of guanidine groups is 1. The van der Waals surface area contributed by atoms with E-state index in [4.69, 9.17) is 11.5 Å². The molecule has 0 fully saturated rings. The molecule has 2 aromatic carbocycles. The average Bonchev–Trinajstić information content (AvgIpc) is 2.96. The summed E-state index contributed by atoms with van der Waals surface area (Å²) in [4.78, 5) is 20.3. The summed E-state index contributed by atoms with van der Waals surface area (Å²) in [5.74, 6) is -0.703. The molecule has 128 valence electrons. The maximum Gasteiger partial charge on any atom is 0.280 e. The lowest BCUT2D eigenvalue weighted by atomic mass is 10.1. The van der Waals surface area contributed by atoms with Gasteiger partial charge in [-0.1, -0.05) is 30.3 Å². The Bertz CT molecular complexity index is 1140. The fraction of sp³-hybridized carbons (Fsp3) is 0.0500. The van der Waals surface area contributed by atoms with Crippen LogP contribution in [0.4, 0.5) is 0 Å². The highest BCUT2D eigenvalue weighted by Gasteiger charge is 2.14. The predicted molar refractivity (Wildman–Crippen MR) is 103 cm³/mol. The van der Waals surface area contributed by atoms with Gasteiger partial charge in [-0.05, 0) is 30.3 Å². The van der Waals surface area contributed by atoms with Gasteiger partial charge in [0.05, 0.1) is 17.8 Å². The molecule has 0 aliphatic carbocycles. The molecule has 4 rings (SSSR count). The Balaban J connectivity index is 1.94. The number of carbonyl (C=O) groups excluding carboxylic acids is 1. The van der Waals surface area contributed by atoms with E-state index in [2.05, 4.69) is 26.7 Å². The van der Waals surface area contributed by atoms with Crippen molar-refractivity contribution in [2.24, 2.45) is 16.5 Å². The number of nitrogens with two attached hydrogens (primary N) is 2. The Hall–Kier alpha value is -3.67. The van der Waals surface area contributed by atoms with Crippen molar-refractivity contribution < 1.29 is 4.79 Å². The minimum atomic E-state index is -0.457. The van der Waals surface area contributed by atoms with Gasteiger partial charge in [-0.15, -0.1) is 0 Å². The molecule has 26 heavy (non-hydrogen) atoms. The van der Waals surface area contributed by atoms with Crippen molar-refractivity contribution in [2.75, 3.05) is 0 Å². The lowest BCUT2D eigenvalue weighted by Crippen LogP contribution is -2.24. The van der Waals surface area contributed by atoms with Crippen molar-refractivity contribution in [1.82, 2.24) is 9.55 Å². The Kier molecular flexibility index (Phi) is 3.85. The van der Waals surface area contributed by atoms with Crippen LogP contribution in [0, 0.1) is 0 Å². The van der Waals surface area contributed by atoms with Gasteiger partial charge in [0, 0.05) is 28.0 Å². The topological polar surface area (TPSA) is 99.3 Å². The van der Waals surface area contributed by atoms with Crippen LogP contribution in [-0.4, -0.2) is 21.4 Å². The Morgan fingerprint density at radius 3 is 2.50 bits per heavy atom. The standard InChI is InChI=1S/C20H17N5O/c21-20(22)24-19(26)13-8-9-16-15-6-1-2-7-17(15)25(18(16)11-13)12-14-5-3-4-10-23-14/h1-11H,12H2,(H4,21,22,24,26). The second kappa shape index (κ2) is 6.33. The molecule has 0 saturated carbocycles. The van der Waals surface area contributed by atoms with Crippen molar-refractivity contribution in [2.45, 2.75) is 6.54 Å². The third-order valence-electron chi connectivity index (χ3n) is 4.30. The molecule has 6 heteroatoms. The predicted octanol–water partition coefficient (Wildman–Crippen LogP) is 2.65. The van der Waals surface area contributed by atoms with Crippen molar-refractivity contribution in [3.05, 3.63) is 78.1 Å². The van der Waals surface area contributed by atoms with Crippen LogP contribution >= 0.6 is 0 Å². The van der Waals surface area contributed by atoms with Gasteiger partial charge in [-0.3, -0.25) is 9.78 Å². The zero-order chi connectivity index (χ0) is 18.1. The van der Waals surface area contributed by atoms with E-state index < -0.39 is 5.91 Å². The molecule has 0 saturated heterocycles. The number of aliphatic imine (C=N–C) groups is 1. The molecule has 6 nitrogen and oxygen atoms in total. The summed E-state index contributed by atoms with van der Waals surface area (Å²) in [7, 11) is 0. The third kappa shape index (κ3) is 2.77. The lowest BCUT2D eigenvalue weighted by molar-refractivity contribution is 0.100. The van der Waals surface area contributed by atoms with E-state index >= 15 is 0 Å². The quantitative estimate of drug-likeness (QED) is 0.441. The fourth-order valence-corrected chi connectivity index (χ4v) is 3.19. The summed E-state index contributed by atoms with van der Waals surface area (Å²) >= 11 is 0. The van der Waals surface area contributed by atoms with E-state index in [-0.39, 0.29) is 5.96 Å². The van der Waals surface area contributed by atoms with Crippen molar-refractivity contribution in [3.8, 4) is 0 Å². The first-order chi connectivity index (χ1) is 12.6. The van der Waals surface area contributed by atoms with Crippen LogP contribution < -0.4 is 11.5 Å². The van der Waals surface area contributed by atoms with E-state index in [9.17, 15) is 4.79 Å². The first kappa shape index (κ1) is 15.8. The van der Waals surface area contributed by atoms with Crippen LogP contribution in [-0.2, 0) is 6.54 Å².